The van der Waals surface area contributed by atoms with Crippen molar-refractivity contribution in [3.63, 3.8) is 0 Å². The molecular weight excluding hydrogens is 438 g/mol. The van der Waals surface area contributed by atoms with Crippen LogP contribution < -0.4 is 10.1 Å². The van der Waals surface area contributed by atoms with Gasteiger partial charge in [0.2, 0.25) is 15.7 Å². The van der Waals surface area contributed by atoms with Gasteiger partial charge in [-0.1, -0.05) is 50.8 Å². The molecule has 0 heterocycles. The molecule has 0 aliphatic heterocycles. The molecule has 7 heteroatoms. The smallest absolute Gasteiger partial charge is 0.219 e. The zero-order chi connectivity index (χ0) is 25.3. The summed E-state index contributed by atoms with van der Waals surface area (Å²) in [7, 11) is -0.208. The first kappa shape index (κ1) is 30.6. The molecule has 1 atom stereocenters. The van der Waals surface area contributed by atoms with Gasteiger partial charge in [-0.25, -0.2) is 8.42 Å². The third-order valence-corrected chi connectivity index (χ3v) is 6.61. The Bertz CT molecular complexity index is 876. The summed E-state index contributed by atoms with van der Waals surface area (Å²) >= 11 is 0. The lowest BCUT2D eigenvalue weighted by Crippen LogP contribution is -2.16. The Balaban J connectivity index is 0.000000576. The Kier molecular flexibility index (Phi) is 15.9. The van der Waals surface area contributed by atoms with Gasteiger partial charge in [0.15, 0.2) is 0 Å². The molecule has 0 spiro atoms. The van der Waals surface area contributed by atoms with Gasteiger partial charge < -0.3 is 15.2 Å². The van der Waals surface area contributed by atoms with Gasteiger partial charge in [-0.15, -0.1) is 0 Å². The minimum absolute atomic E-state index is 0.116. The average molecular weight is 480 g/mol. The first-order valence-corrected chi connectivity index (χ1v) is 12.9. The van der Waals surface area contributed by atoms with E-state index < -0.39 is 9.84 Å². The maximum absolute atomic E-state index is 12.3. The second-order valence-corrected chi connectivity index (χ2v) is 9.68. The number of aliphatic hydroxyl groups excluding tert-OH is 1. The number of rotatable bonds is 9. The number of nitrogens with one attached hydrogen (secondary N) is 1. The normalized spacial score (nSPS) is 11.2. The second-order valence-electron chi connectivity index (χ2n) is 7.73. The lowest BCUT2D eigenvalue weighted by molar-refractivity contribution is -0.120. The fraction of sp³-hybridized carbons (Fsp3) is 0.500. The third kappa shape index (κ3) is 13.0. The van der Waals surface area contributed by atoms with Crippen molar-refractivity contribution in [3.8, 4) is 5.75 Å². The van der Waals surface area contributed by atoms with Crippen LogP contribution in [0.15, 0.2) is 58.3 Å². The zero-order valence-electron chi connectivity index (χ0n) is 20.9. The molecule has 0 fully saturated rings. The van der Waals surface area contributed by atoms with Gasteiger partial charge in [0, 0.05) is 13.5 Å². The quantitative estimate of drug-likeness (QED) is 0.475. The summed E-state index contributed by atoms with van der Waals surface area (Å²) in [6.45, 7) is 7.81. The van der Waals surface area contributed by atoms with Crippen molar-refractivity contribution < 1.29 is 23.1 Å². The van der Waals surface area contributed by atoms with Crippen LogP contribution in [0.1, 0.15) is 64.9 Å². The van der Waals surface area contributed by atoms with Gasteiger partial charge in [0.1, 0.15) is 5.75 Å². The van der Waals surface area contributed by atoms with Crippen molar-refractivity contribution in [2.24, 2.45) is 0 Å². The van der Waals surface area contributed by atoms with Crippen LogP contribution in [0.25, 0.3) is 0 Å². The molecule has 2 N–H and O–H groups in total. The van der Waals surface area contributed by atoms with Gasteiger partial charge in [-0.3, -0.25) is 4.79 Å². The molecule has 33 heavy (non-hydrogen) atoms. The zero-order valence-corrected chi connectivity index (χ0v) is 21.7. The highest BCUT2D eigenvalue weighted by atomic mass is 32.2. The van der Waals surface area contributed by atoms with Crippen LogP contribution in [-0.4, -0.2) is 39.7 Å². The Morgan fingerprint density at radius 2 is 1.45 bits per heavy atom. The Labute approximate surface area is 200 Å². The summed E-state index contributed by atoms with van der Waals surface area (Å²) in [6, 6.07) is 13.2. The van der Waals surface area contributed by atoms with E-state index in [0.717, 1.165) is 18.4 Å². The predicted octanol–water partition coefficient (Wildman–Crippen LogP) is 5.32. The summed E-state index contributed by atoms with van der Waals surface area (Å²) in [5, 5.41) is 11.0. The largest absolute Gasteiger partial charge is 0.497 e. The molecule has 1 amide bonds. The lowest BCUT2D eigenvalue weighted by atomic mass is 10.1. The van der Waals surface area contributed by atoms with Crippen LogP contribution in [0.3, 0.4) is 0 Å². The fourth-order valence-corrected chi connectivity index (χ4v) is 3.71. The van der Waals surface area contributed by atoms with Crippen molar-refractivity contribution in [2.45, 2.75) is 82.1 Å². The molecule has 0 aliphatic rings. The van der Waals surface area contributed by atoms with E-state index in [-0.39, 0.29) is 16.9 Å². The number of unbranched alkanes of at least 4 members (excludes halogenated alkanes) is 3. The number of sulfone groups is 1. The van der Waals surface area contributed by atoms with E-state index in [0.29, 0.717) is 17.1 Å². The number of methoxy groups -OCH3 is 1. The van der Waals surface area contributed by atoms with E-state index in [1.807, 2.05) is 13.8 Å². The monoisotopic (exact) mass is 479 g/mol. The van der Waals surface area contributed by atoms with Crippen LogP contribution in [0.4, 0.5) is 0 Å². The third-order valence-electron chi connectivity index (χ3n) is 4.83. The lowest BCUT2D eigenvalue weighted by Gasteiger charge is -2.06. The van der Waals surface area contributed by atoms with Crippen molar-refractivity contribution in [1.29, 1.82) is 0 Å². The van der Waals surface area contributed by atoms with Gasteiger partial charge >= 0.3 is 0 Å². The molecule has 2 rings (SSSR count). The highest BCUT2D eigenvalue weighted by molar-refractivity contribution is 7.91. The topological polar surface area (TPSA) is 92.7 Å². The summed E-state index contributed by atoms with van der Waals surface area (Å²) in [5.41, 5.74) is 1.03. The Hall–Kier alpha value is -2.38. The highest BCUT2D eigenvalue weighted by Gasteiger charge is 2.17. The fourth-order valence-electron chi connectivity index (χ4n) is 2.45. The second kappa shape index (κ2) is 17.1. The van der Waals surface area contributed by atoms with E-state index in [1.165, 1.54) is 19.3 Å². The molecule has 6 nitrogen and oxygen atoms in total. The average Bonchev–Trinajstić information content (AvgIpc) is 2.82. The molecule has 0 aromatic heterocycles. The molecule has 0 aliphatic carbocycles. The molecule has 0 bridgehead atoms. The van der Waals surface area contributed by atoms with Gasteiger partial charge in [-0.2, -0.15) is 0 Å². The summed E-state index contributed by atoms with van der Waals surface area (Å²) in [5.74, 6) is 0.800. The van der Waals surface area contributed by atoms with Crippen LogP contribution in [0.2, 0.25) is 0 Å². The molecular formula is C26H41NO5S. The number of benzene rings is 2. The first-order chi connectivity index (χ1) is 15.6. The van der Waals surface area contributed by atoms with Crippen molar-refractivity contribution in [2.75, 3.05) is 14.2 Å². The molecule has 0 saturated heterocycles. The summed E-state index contributed by atoms with van der Waals surface area (Å²) in [6.07, 6.45) is 6.13. The summed E-state index contributed by atoms with van der Waals surface area (Å²) < 4.78 is 29.6. The molecule has 1 unspecified atom stereocenters. The number of amides is 1. The molecule has 2 aromatic carbocycles. The van der Waals surface area contributed by atoms with Crippen LogP contribution in [0.5, 0.6) is 5.75 Å². The Morgan fingerprint density at radius 3 is 1.85 bits per heavy atom. The van der Waals surface area contributed by atoms with Crippen molar-refractivity contribution in [1.82, 2.24) is 5.32 Å². The minimum Gasteiger partial charge on any atom is -0.497 e. The summed E-state index contributed by atoms with van der Waals surface area (Å²) in [4.78, 5) is 11.2. The van der Waals surface area contributed by atoms with Crippen LogP contribution in [-0.2, 0) is 14.6 Å². The number of carbonyl (C=O) groups excluding carboxylic acids is 1. The van der Waals surface area contributed by atoms with Crippen LogP contribution >= 0.6 is 0 Å². The molecule has 0 radical (unpaired) electrons. The van der Waals surface area contributed by atoms with E-state index in [1.54, 1.807) is 69.6 Å². The molecule has 0 saturated carbocycles. The van der Waals surface area contributed by atoms with Crippen molar-refractivity contribution in [3.05, 3.63) is 54.1 Å². The number of carbonyl (C=O) groups is 1. The molecule has 186 valence electrons. The standard InChI is InChI=1S/C14H14O3S.C8H17NO.C4H10O/c1-11-3-7-13(8-4-11)18(15,16)14-9-5-12(17-2)6-10-14;1-3-4-5-6-7-8(10)9-2;1-3-4(2)5/h3-10H,1-2H3;3-7H2,1-2H3,(H,9,10);4-5H,3H2,1-2H3. The molecule has 2 aromatic rings. The number of aliphatic hydroxyl groups is 1. The van der Waals surface area contributed by atoms with Gasteiger partial charge in [-0.05, 0) is 63.1 Å². The number of hydrogen-bond donors (Lipinski definition) is 2. The van der Waals surface area contributed by atoms with Crippen LogP contribution in [0, 0.1) is 6.92 Å². The van der Waals surface area contributed by atoms with E-state index in [4.69, 9.17) is 9.84 Å². The van der Waals surface area contributed by atoms with Gasteiger partial charge in [0.05, 0.1) is 23.0 Å². The van der Waals surface area contributed by atoms with E-state index in [9.17, 15) is 13.2 Å². The van der Waals surface area contributed by atoms with Gasteiger partial charge in [0.25, 0.3) is 0 Å². The maximum Gasteiger partial charge on any atom is 0.219 e. The Morgan fingerprint density at radius 1 is 0.970 bits per heavy atom. The number of hydrogen-bond acceptors (Lipinski definition) is 5. The minimum atomic E-state index is -3.44. The highest BCUT2D eigenvalue weighted by Crippen LogP contribution is 2.23. The maximum atomic E-state index is 12.3. The van der Waals surface area contributed by atoms with E-state index in [2.05, 4.69) is 12.2 Å². The van der Waals surface area contributed by atoms with E-state index >= 15 is 0 Å². The van der Waals surface area contributed by atoms with Crippen molar-refractivity contribution >= 4 is 15.7 Å². The number of ether oxygens (including phenoxy) is 1. The number of aryl methyl sites for hydroxylation is 1. The SMILES string of the molecule is CCC(C)O.CCCCCCC(=O)NC.COc1ccc(S(=O)(=O)c2ccc(C)cc2)cc1. The predicted molar refractivity (Wildman–Crippen MR) is 134 cm³/mol. The first-order valence-electron chi connectivity index (χ1n) is 11.5.